The molecule has 0 aliphatic rings. The van der Waals surface area contributed by atoms with Crippen LogP contribution in [-0.2, 0) is 12.8 Å². The Labute approximate surface area is 170 Å². The maximum absolute atomic E-state index is 4.59. The van der Waals surface area contributed by atoms with E-state index in [1.54, 1.807) is 0 Å². The maximum atomic E-state index is 4.59. The summed E-state index contributed by atoms with van der Waals surface area (Å²) < 4.78 is 0. The molecule has 1 aromatic heterocycles. The normalized spacial score (nSPS) is 11.3. The summed E-state index contributed by atoms with van der Waals surface area (Å²) in [6.07, 6.45) is 29.5. The summed E-state index contributed by atoms with van der Waals surface area (Å²) in [5.74, 6) is 0. The molecule has 27 heavy (non-hydrogen) atoms. The summed E-state index contributed by atoms with van der Waals surface area (Å²) in [7, 11) is 0. The summed E-state index contributed by atoms with van der Waals surface area (Å²) in [6.45, 7) is 4.58. The number of imidazole rings is 1. The van der Waals surface area contributed by atoms with Crippen molar-refractivity contribution in [3.8, 4) is 0 Å². The highest BCUT2D eigenvalue weighted by atomic mass is 14.9. The highest BCUT2D eigenvalue weighted by molar-refractivity contribution is 5.11. The van der Waals surface area contributed by atoms with E-state index in [2.05, 4.69) is 23.8 Å². The van der Waals surface area contributed by atoms with Gasteiger partial charge in [0.05, 0.1) is 12.0 Å². The fraction of sp³-hybridized carbons (Fsp3) is 0.880. The molecule has 0 bridgehead atoms. The SMILES string of the molecule is CCCCCCCCCCCc1nc[nH]c1CCCCCCCCCCC. The Balaban J connectivity index is 1.96. The van der Waals surface area contributed by atoms with Crippen LogP contribution in [-0.4, -0.2) is 9.97 Å². The van der Waals surface area contributed by atoms with Crippen molar-refractivity contribution in [2.75, 3.05) is 0 Å². The van der Waals surface area contributed by atoms with Crippen LogP contribution in [0.5, 0.6) is 0 Å². The van der Waals surface area contributed by atoms with E-state index in [1.807, 2.05) is 6.33 Å². The molecule has 0 fully saturated rings. The Morgan fingerprint density at radius 2 is 0.963 bits per heavy atom. The van der Waals surface area contributed by atoms with E-state index in [9.17, 15) is 0 Å². The van der Waals surface area contributed by atoms with Gasteiger partial charge in [0.15, 0.2) is 0 Å². The fourth-order valence-electron chi connectivity index (χ4n) is 4.00. The lowest BCUT2D eigenvalue weighted by Crippen LogP contribution is -1.95. The third-order valence-corrected chi connectivity index (χ3v) is 5.85. The van der Waals surface area contributed by atoms with Gasteiger partial charge in [-0.3, -0.25) is 0 Å². The molecule has 0 spiro atoms. The van der Waals surface area contributed by atoms with Crippen molar-refractivity contribution in [3.63, 3.8) is 0 Å². The molecule has 1 heterocycles. The van der Waals surface area contributed by atoms with E-state index in [-0.39, 0.29) is 0 Å². The van der Waals surface area contributed by atoms with Crippen molar-refractivity contribution in [1.82, 2.24) is 9.97 Å². The molecule has 1 N–H and O–H groups in total. The second kappa shape index (κ2) is 18.6. The first-order valence-electron chi connectivity index (χ1n) is 12.4. The molecule has 0 aromatic carbocycles. The van der Waals surface area contributed by atoms with E-state index in [4.69, 9.17) is 0 Å². The van der Waals surface area contributed by atoms with E-state index in [1.165, 1.54) is 140 Å². The Morgan fingerprint density at radius 1 is 0.556 bits per heavy atom. The maximum Gasteiger partial charge on any atom is 0.0925 e. The Bertz CT molecular complexity index is 374. The van der Waals surface area contributed by atoms with Gasteiger partial charge in [0, 0.05) is 5.69 Å². The molecule has 2 heteroatoms. The second-order valence-corrected chi connectivity index (χ2v) is 8.48. The standard InChI is InChI=1S/C25H48N2/c1-3-5-7-9-11-13-15-17-19-21-24-25(27-23-26-24)22-20-18-16-14-12-10-8-6-4-2/h23H,3-22H2,1-2H3,(H,26,27). The predicted molar refractivity (Wildman–Crippen MR) is 120 cm³/mol. The topological polar surface area (TPSA) is 28.7 Å². The number of aromatic amines is 1. The van der Waals surface area contributed by atoms with Gasteiger partial charge in [0.25, 0.3) is 0 Å². The first-order valence-corrected chi connectivity index (χ1v) is 12.4. The van der Waals surface area contributed by atoms with Crippen LogP contribution in [0.3, 0.4) is 0 Å². The van der Waals surface area contributed by atoms with Crippen molar-refractivity contribution in [2.45, 2.75) is 142 Å². The van der Waals surface area contributed by atoms with Gasteiger partial charge in [-0.15, -0.1) is 0 Å². The smallest absolute Gasteiger partial charge is 0.0925 e. The zero-order valence-electron chi connectivity index (χ0n) is 18.7. The summed E-state index contributed by atoms with van der Waals surface area (Å²) in [4.78, 5) is 7.99. The van der Waals surface area contributed by atoms with Gasteiger partial charge < -0.3 is 4.98 Å². The highest BCUT2D eigenvalue weighted by Crippen LogP contribution is 2.15. The molecule has 0 radical (unpaired) electrons. The molecule has 1 aromatic rings. The lowest BCUT2D eigenvalue weighted by Gasteiger charge is -2.05. The molecule has 0 unspecified atom stereocenters. The van der Waals surface area contributed by atoms with Crippen molar-refractivity contribution >= 4 is 0 Å². The number of aromatic nitrogens is 2. The largest absolute Gasteiger partial charge is 0.348 e. The number of H-pyrrole nitrogens is 1. The predicted octanol–water partition coefficient (Wildman–Crippen LogP) is 8.56. The number of nitrogens with zero attached hydrogens (tertiary/aromatic N) is 1. The van der Waals surface area contributed by atoms with Gasteiger partial charge in [0.1, 0.15) is 0 Å². The Morgan fingerprint density at radius 3 is 1.44 bits per heavy atom. The van der Waals surface area contributed by atoms with Crippen molar-refractivity contribution in [1.29, 1.82) is 0 Å². The minimum absolute atomic E-state index is 1.17. The van der Waals surface area contributed by atoms with Crippen LogP contribution in [0.25, 0.3) is 0 Å². The number of unbranched alkanes of at least 4 members (excludes halogenated alkanes) is 16. The number of hydrogen-bond acceptors (Lipinski definition) is 1. The van der Waals surface area contributed by atoms with Crippen LogP contribution in [0.2, 0.25) is 0 Å². The van der Waals surface area contributed by atoms with Crippen LogP contribution in [0.1, 0.15) is 141 Å². The van der Waals surface area contributed by atoms with E-state index < -0.39 is 0 Å². The molecule has 0 aliphatic carbocycles. The summed E-state index contributed by atoms with van der Waals surface area (Å²) in [5, 5.41) is 0. The second-order valence-electron chi connectivity index (χ2n) is 8.48. The van der Waals surface area contributed by atoms with Crippen LogP contribution in [0.15, 0.2) is 6.33 Å². The van der Waals surface area contributed by atoms with Gasteiger partial charge in [-0.1, -0.05) is 117 Å². The number of nitrogens with one attached hydrogen (secondary N) is 1. The van der Waals surface area contributed by atoms with Gasteiger partial charge in [-0.2, -0.15) is 0 Å². The summed E-state index contributed by atoms with van der Waals surface area (Å²) in [5.41, 5.74) is 2.76. The molecule has 0 saturated carbocycles. The van der Waals surface area contributed by atoms with Gasteiger partial charge in [-0.05, 0) is 25.7 Å². The first kappa shape index (κ1) is 24.2. The average molecular weight is 377 g/mol. The minimum atomic E-state index is 1.17. The third-order valence-electron chi connectivity index (χ3n) is 5.85. The number of rotatable bonds is 20. The van der Waals surface area contributed by atoms with E-state index >= 15 is 0 Å². The van der Waals surface area contributed by atoms with Crippen molar-refractivity contribution < 1.29 is 0 Å². The molecule has 0 amide bonds. The third kappa shape index (κ3) is 13.9. The molecular formula is C25H48N2. The van der Waals surface area contributed by atoms with Crippen LogP contribution < -0.4 is 0 Å². The van der Waals surface area contributed by atoms with Gasteiger partial charge >= 0.3 is 0 Å². The average Bonchev–Trinajstić information content (AvgIpc) is 3.12. The molecule has 2 nitrogen and oxygen atoms in total. The zero-order valence-corrected chi connectivity index (χ0v) is 18.7. The summed E-state index contributed by atoms with van der Waals surface area (Å²) in [6, 6.07) is 0. The summed E-state index contributed by atoms with van der Waals surface area (Å²) >= 11 is 0. The monoisotopic (exact) mass is 376 g/mol. The zero-order chi connectivity index (χ0) is 19.4. The molecule has 0 atom stereocenters. The lowest BCUT2D eigenvalue weighted by molar-refractivity contribution is 0.559. The van der Waals surface area contributed by atoms with Crippen molar-refractivity contribution in [3.05, 3.63) is 17.7 Å². The molecule has 0 aliphatic heterocycles. The van der Waals surface area contributed by atoms with Gasteiger partial charge in [-0.25, -0.2) is 4.98 Å². The van der Waals surface area contributed by atoms with Gasteiger partial charge in [0.2, 0.25) is 0 Å². The highest BCUT2D eigenvalue weighted by Gasteiger charge is 2.05. The minimum Gasteiger partial charge on any atom is -0.348 e. The molecular weight excluding hydrogens is 328 g/mol. The number of aryl methyl sites for hydroxylation is 2. The van der Waals surface area contributed by atoms with E-state index in [0.717, 1.165) is 0 Å². The first-order chi connectivity index (χ1) is 13.4. The molecule has 158 valence electrons. The quantitative estimate of drug-likeness (QED) is 0.227. The van der Waals surface area contributed by atoms with E-state index in [0.29, 0.717) is 0 Å². The lowest BCUT2D eigenvalue weighted by atomic mass is 10.0. The van der Waals surface area contributed by atoms with Crippen molar-refractivity contribution in [2.24, 2.45) is 0 Å². The molecule has 0 saturated heterocycles. The van der Waals surface area contributed by atoms with Crippen LogP contribution in [0.4, 0.5) is 0 Å². The Hall–Kier alpha value is -0.790. The fourth-order valence-corrected chi connectivity index (χ4v) is 4.00. The van der Waals surface area contributed by atoms with Crippen LogP contribution in [0, 0.1) is 0 Å². The number of hydrogen-bond donors (Lipinski definition) is 1. The molecule has 1 rings (SSSR count). The Kier molecular flexibility index (Phi) is 16.7. The van der Waals surface area contributed by atoms with Crippen LogP contribution >= 0.6 is 0 Å².